The van der Waals surface area contributed by atoms with Gasteiger partial charge >= 0.3 is 0 Å². The van der Waals surface area contributed by atoms with Crippen LogP contribution in [0.25, 0.3) is 0 Å². The Labute approximate surface area is 112 Å². The molecule has 1 aromatic carbocycles. The van der Waals surface area contributed by atoms with E-state index in [4.69, 9.17) is 4.52 Å². The summed E-state index contributed by atoms with van der Waals surface area (Å²) in [6.07, 6.45) is 0. The number of hydrogen-bond acceptors (Lipinski definition) is 3. The van der Waals surface area contributed by atoms with Crippen molar-refractivity contribution in [3.8, 4) is 0 Å². The van der Waals surface area contributed by atoms with E-state index in [1.165, 1.54) is 5.56 Å². The van der Waals surface area contributed by atoms with Crippen LogP contribution in [0, 0.1) is 6.92 Å². The molecule has 0 atom stereocenters. The molecule has 0 bridgehead atoms. The van der Waals surface area contributed by atoms with Gasteiger partial charge < -0.3 is 9.84 Å². The average molecular weight is 258 g/mol. The zero-order valence-corrected chi connectivity index (χ0v) is 11.7. The van der Waals surface area contributed by atoms with Crippen molar-refractivity contribution in [2.24, 2.45) is 0 Å². The number of aryl methyl sites for hydroxylation is 1. The Morgan fingerprint density at radius 1 is 1.21 bits per heavy atom. The Kier molecular flexibility index (Phi) is 3.42. The monoisotopic (exact) mass is 258 g/mol. The lowest BCUT2D eigenvalue weighted by atomic mass is 9.87. The van der Waals surface area contributed by atoms with Crippen LogP contribution in [0.4, 0.5) is 5.69 Å². The maximum absolute atomic E-state index is 11.9. The Morgan fingerprint density at radius 3 is 2.32 bits per heavy atom. The van der Waals surface area contributed by atoms with Gasteiger partial charge in [-0.15, -0.1) is 0 Å². The molecule has 4 heteroatoms. The molecule has 4 nitrogen and oxygen atoms in total. The molecule has 100 valence electrons. The molecule has 0 unspecified atom stereocenters. The summed E-state index contributed by atoms with van der Waals surface area (Å²) in [7, 11) is 0. The van der Waals surface area contributed by atoms with Crippen molar-refractivity contribution in [3.05, 3.63) is 47.3 Å². The normalized spacial score (nSPS) is 11.4. The van der Waals surface area contributed by atoms with Crippen LogP contribution in [0.15, 0.2) is 34.9 Å². The Morgan fingerprint density at radius 2 is 1.84 bits per heavy atom. The van der Waals surface area contributed by atoms with Crippen molar-refractivity contribution in [3.63, 3.8) is 0 Å². The first-order valence-electron chi connectivity index (χ1n) is 6.21. The third kappa shape index (κ3) is 3.22. The fourth-order valence-electron chi connectivity index (χ4n) is 1.72. The molecule has 0 radical (unpaired) electrons. The van der Waals surface area contributed by atoms with Gasteiger partial charge in [-0.25, -0.2) is 0 Å². The second-order valence-electron chi connectivity index (χ2n) is 5.61. The summed E-state index contributed by atoms with van der Waals surface area (Å²) in [5, 5.41) is 6.47. The van der Waals surface area contributed by atoms with Gasteiger partial charge in [-0.05, 0) is 30.0 Å². The van der Waals surface area contributed by atoms with Gasteiger partial charge in [0.2, 0.25) is 5.76 Å². The van der Waals surface area contributed by atoms with Gasteiger partial charge in [0.1, 0.15) is 0 Å². The highest BCUT2D eigenvalue weighted by Gasteiger charge is 2.14. The molecule has 2 aromatic rings. The number of carbonyl (C=O) groups excluding carboxylic acids is 1. The number of benzene rings is 1. The molecule has 2 rings (SSSR count). The molecular weight excluding hydrogens is 240 g/mol. The fraction of sp³-hybridized carbons (Fsp3) is 0.333. The van der Waals surface area contributed by atoms with Gasteiger partial charge in [0.25, 0.3) is 5.91 Å². The van der Waals surface area contributed by atoms with Crippen LogP contribution in [0.3, 0.4) is 0 Å². The molecule has 1 heterocycles. The zero-order chi connectivity index (χ0) is 14.0. The number of anilines is 1. The Hall–Kier alpha value is -2.10. The van der Waals surface area contributed by atoms with Crippen molar-refractivity contribution in [2.75, 3.05) is 5.32 Å². The average Bonchev–Trinajstić information content (AvgIpc) is 2.75. The van der Waals surface area contributed by atoms with Crippen molar-refractivity contribution in [1.29, 1.82) is 0 Å². The first-order chi connectivity index (χ1) is 8.86. The standard InChI is InChI=1S/C15H18N2O2/c1-10-9-13(19-17-10)14(18)16-12-7-5-11(6-8-12)15(2,3)4/h5-9H,1-4H3,(H,16,18). The van der Waals surface area contributed by atoms with Gasteiger partial charge in [-0.2, -0.15) is 0 Å². The first kappa shape index (κ1) is 13.3. The summed E-state index contributed by atoms with van der Waals surface area (Å²) in [5.74, 6) is -0.0680. The number of carbonyl (C=O) groups is 1. The van der Waals surface area contributed by atoms with Crippen molar-refractivity contribution in [2.45, 2.75) is 33.1 Å². The van der Waals surface area contributed by atoms with Crippen LogP contribution in [0.5, 0.6) is 0 Å². The summed E-state index contributed by atoms with van der Waals surface area (Å²) in [4.78, 5) is 11.9. The third-order valence-electron chi connectivity index (χ3n) is 2.86. The van der Waals surface area contributed by atoms with Gasteiger partial charge in [-0.1, -0.05) is 38.1 Å². The zero-order valence-electron chi connectivity index (χ0n) is 11.7. The van der Waals surface area contributed by atoms with E-state index in [9.17, 15) is 4.79 Å². The van der Waals surface area contributed by atoms with E-state index >= 15 is 0 Å². The molecule has 19 heavy (non-hydrogen) atoms. The van der Waals surface area contributed by atoms with E-state index in [0.717, 1.165) is 5.69 Å². The molecule has 0 aliphatic rings. The topological polar surface area (TPSA) is 55.1 Å². The predicted octanol–water partition coefficient (Wildman–Crippen LogP) is 3.53. The van der Waals surface area contributed by atoms with E-state index in [2.05, 4.69) is 31.2 Å². The minimum atomic E-state index is -0.288. The van der Waals surface area contributed by atoms with E-state index in [-0.39, 0.29) is 17.1 Å². The molecule has 0 saturated carbocycles. The van der Waals surface area contributed by atoms with Crippen molar-refractivity contribution >= 4 is 11.6 Å². The summed E-state index contributed by atoms with van der Waals surface area (Å²) in [6.45, 7) is 8.23. The van der Waals surface area contributed by atoms with E-state index in [1.807, 2.05) is 24.3 Å². The second-order valence-corrected chi connectivity index (χ2v) is 5.61. The number of hydrogen-bond donors (Lipinski definition) is 1. The molecule has 0 spiro atoms. The maximum Gasteiger partial charge on any atom is 0.294 e. The van der Waals surface area contributed by atoms with E-state index < -0.39 is 0 Å². The maximum atomic E-state index is 11.9. The number of aromatic nitrogens is 1. The minimum Gasteiger partial charge on any atom is -0.351 e. The number of nitrogens with one attached hydrogen (secondary N) is 1. The highest BCUT2D eigenvalue weighted by molar-refractivity contribution is 6.02. The summed E-state index contributed by atoms with van der Waals surface area (Å²) >= 11 is 0. The predicted molar refractivity (Wildman–Crippen MR) is 74.3 cm³/mol. The molecule has 0 aliphatic heterocycles. The van der Waals surface area contributed by atoms with Crippen LogP contribution < -0.4 is 5.32 Å². The minimum absolute atomic E-state index is 0.102. The molecule has 0 aliphatic carbocycles. The third-order valence-corrected chi connectivity index (χ3v) is 2.86. The molecular formula is C15H18N2O2. The van der Waals surface area contributed by atoms with Crippen molar-refractivity contribution in [1.82, 2.24) is 5.16 Å². The van der Waals surface area contributed by atoms with Gasteiger partial charge in [0.15, 0.2) is 0 Å². The van der Waals surface area contributed by atoms with Gasteiger partial charge in [0.05, 0.1) is 5.69 Å². The number of amides is 1. The quantitative estimate of drug-likeness (QED) is 0.896. The fourth-order valence-corrected chi connectivity index (χ4v) is 1.72. The highest BCUT2D eigenvalue weighted by atomic mass is 16.5. The summed E-state index contributed by atoms with van der Waals surface area (Å²) < 4.78 is 4.91. The molecule has 1 aromatic heterocycles. The molecule has 1 N–H and O–H groups in total. The van der Waals surface area contributed by atoms with Crippen LogP contribution >= 0.6 is 0 Å². The lowest BCUT2D eigenvalue weighted by Crippen LogP contribution is -2.13. The Bertz CT molecular complexity index is 577. The van der Waals surface area contributed by atoms with E-state index in [1.54, 1.807) is 13.0 Å². The second kappa shape index (κ2) is 4.88. The summed E-state index contributed by atoms with van der Waals surface area (Å²) in [6, 6.07) is 9.42. The highest BCUT2D eigenvalue weighted by Crippen LogP contribution is 2.23. The van der Waals surface area contributed by atoms with Crippen LogP contribution in [0.2, 0.25) is 0 Å². The van der Waals surface area contributed by atoms with Crippen LogP contribution in [0.1, 0.15) is 42.6 Å². The lowest BCUT2D eigenvalue weighted by Gasteiger charge is -2.19. The largest absolute Gasteiger partial charge is 0.351 e. The smallest absolute Gasteiger partial charge is 0.294 e. The van der Waals surface area contributed by atoms with Crippen LogP contribution in [-0.4, -0.2) is 11.1 Å². The van der Waals surface area contributed by atoms with Crippen LogP contribution in [-0.2, 0) is 5.41 Å². The van der Waals surface area contributed by atoms with Gasteiger partial charge in [0, 0.05) is 11.8 Å². The first-order valence-corrected chi connectivity index (χ1v) is 6.21. The molecule has 0 fully saturated rings. The summed E-state index contributed by atoms with van der Waals surface area (Å²) in [5.41, 5.74) is 2.76. The Balaban J connectivity index is 2.10. The van der Waals surface area contributed by atoms with E-state index in [0.29, 0.717) is 5.69 Å². The molecule has 0 saturated heterocycles. The number of rotatable bonds is 2. The lowest BCUT2D eigenvalue weighted by molar-refractivity contribution is 0.0988. The van der Waals surface area contributed by atoms with Crippen molar-refractivity contribution < 1.29 is 9.32 Å². The van der Waals surface area contributed by atoms with Gasteiger partial charge in [-0.3, -0.25) is 4.79 Å². The molecule has 1 amide bonds. The number of nitrogens with zero attached hydrogens (tertiary/aromatic N) is 1. The SMILES string of the molecule is Cc1cc(C(=O)Nc2ccc(C(C)(C)C)cc2)on1.